The van der Waals surface area contributed by atoms with E-state index in [-0.39, 0.29) is 24.7 Å². The molecule has 0 amide bonds. The maximum Gasteiger partial charge on any atom is 0.309 e. The summed E-state index contributed by atoms with van der Waals surface area (Å²) in [6.07, 6.45) is 0.150. The van der Waals surface area contributed by atoms with Gasteiger partial charge in [-0.1, -0.05) is 39.2 Å². The third-order valence-corrected chi connectivity index (χ3v) is 6.95. The molecule has 8 nitrogen and oxygen atoms in total. The fourth-order valence-electron chi connectivity index (χ4n) is 4.75. The van der Waals surface area contributed by atoms with E-state index in [1.54, 1.807) is 0 Å². The van der Waals surface area contributed by atoms with Crippen molar-refractivity contribution >= 4 is 11.9 Å². The Bertz CT molecular complexity index is 635. The number of aliphatic hydroxyl groups excluding tert-OH is 2. The lowest BCUT2D eigenvalue weighted by atomic mass is 9.86. The average Bonchev–Trinajstić information content (AvgIpc) is 2.73. The van der Waals surface area contributed by atoms with Gasteiger partial charge in [-0.3, -0.25) is 9.59 Å². The van der Waals surface area contributed by atoms with Crippen LogP contribution in [-0.4, -0.2) is 71.0 Å². The molecule has 2 N–H and O–H groups in total. The van der Waals surface area contributed by atoms with Gasteiger partial charge in [0.2, 0.25) is 0 Å². The van der Waals surface area contributed by atoms with E-state index in [2.05, 4.69) is 13.2 Å². The van der Waals surface area contributed by atoms with Crippen LogP contribution >= 0.6 is 0 Å². The minimum Gasteiger partial charge on any atom is -0.458 e. The minimum atomic E-state index is -0.642. The second kappa shape index (κ2) is 10.9. The summed E-state index contributed by atoms with van der Waals surface area (Å²) in [5.41, 5.74) is 0. The number of rotatable bonds is 2. The molecule has 3 fully saturated rings. The molecule has 0 unspecified atom stereocenters. The van der Waals surface area contributed by atoms with Gasteiger partial charge in [0.05, 0.1) is 49.5 Å². The van der Waals surface area contributed by atoms with Crippen LogP contribution in [0.3, 0.4) is 0 Å². The predicted octanol–water partition coefficient (Wildman–Crippen LogP) is 2.06. The van der Waals surface area contributed by atoms with Crippen molar-refractivity contribution in [1.29, 1.82) is 0 Å². The van der Waals surface area contributed by atoms with Crippen molar-refractivity contribution in [3.63, 3.8) is 0 Å². The van der Waals surface area contributed by atoms with Crippen molar-refractivity contribution in [2.75, 3.05) is 0 Å². The first kappa shape index (κ1) is 24.9. The molecule has 0 aliphatic carbocycles. The van der Waals surface area contributed by atoms with Gasteiger partial charge in [-0.2, -0.15) is 0 Å². The summed E-state index contributed by atoms with van der Waals surface area (Å²) in [6.45, 7) is 11.2. The molecular formula is C24H36O8. The molecule has 3 aliphatic rings. The maximum atomic E-state index is 12.6. The molecule has 0 saturated carbocycles. The Morgan fingerprint density at radius 2 is 1.12 bits per heavy atom. The molecule has 0 aromatic heterocycles. The van der Waals surface area contributed by atoms with E-state index >= 15 is 0 Å². The molecule has 3 saturated heterocycles. The normalized spacial score (nSPS) is 44.1. The van der Waals surface area contributed by atoms with Gasteiger partial charge in [-0.15, -0.1) is 0 Å². The summed E-state index contributed by atoms with van der Waals surface area (Å²) in [4.78, 5) is 25.3. The second-order valence-electron chi connectivity index (χ2n) is 9.33. The molecule has 4 bridgehead atoms. The van der Waals surface area contributed by atoms with Crippen LogP contribution in [0.25, 0.3) is 0 Å². The number of esters is 2. The van der Waals surface area contributed by atoms with Crippen molar-refractivity contribution in [3.8, 4) is 0 Å². The molecule has 3 heterocycles. The van der Waals surface area contributed by atoms with Crippen LogP contribution in [0, 0.1) is 11.8 Å². The highest BCUT2D eigenvalue weighted by molar-refractivity contribution is 5.71. The van der Waals surface area contributed by atoms with Crippen molar-refractivity contribution < 1.29 is 38.7 Å². The van der Waals surface area contributed by atoms with Crippen LogP contribution < -0.4 is 0 Å². The quantitative estimate of drug-likeness (QED) is 0.484. The third-order valence-electron chi connectivity index (χ3n) is 6.95. The van der Waals surface area contributed by atoms with Crippen molar-refractivity contribution in [2.45, 2.75) is 101 Å². The largest absolute Gasteiger partial charge is 0.458 e. The first-order valence-electron chi connectivity index (χ1n) is 11.5. The zero-order valence-electron chi connectivity index (χ0n) is 18.9. The summed E-state index contributed by atoms with van der Waals surface area (Å²) in [5.74, 6) is -1.38. The first-order chi connectivity index (χ1) is 15.2. The van der Waals surface area contributed by atoms with E-state index in [0.29, 0.717) is 25.7 Å². The maximum absolute atomic E-state index is 12.6. The van der Waals surface area contributed by atoms with E-state index in [1.807, 2.05) is 13.8 Å². The molecule has 3 rings (SSSR count). The summed E-state index contributed by atoms with van der Waals surface area (Å²) < 4.78 is 23.4. The van der Waals surface area contributed by atoms with E-state index in [4.69, 9.17) is 18.9 Å². The topological polar surface area (TPSA) is 112 Å². The van der Waals surface area contributed by atoms with Crippen LogP contribution in [0.15, 0.2) is 25.3 Å². The molecule has 0 aromatic rings. The number of ether oxygens (including phenoxy) is 4. The monoisotopic (exact) mass is 452 g/mol. The van der Waals surface area contributed by atoms with Gasteiger partial charge in [-0.25, -0.2) is 0 Å². The number of hydrogen-bond acceptors (Lipinski definition) is 8. The second-order valence-corrected chi connectivity index (χ2v) is 9.33. The van der Waals surface area contributed by atoms with Crippen LogP contribution in [-0.2, 0) is 28.5 Å². The fraction of sp³-hybridized carbons (Fsp3) is 0.750. The zero-order chi connectivity index (χ0) is 23.4. The molecule has 8 heteroatoms. The Kier molecular flexibility index (Phi) is 8.49. The average molecular weight is 453 g/mol. The lowest BCUT2D eigenvalue weighted by molar-refractivity contribution is -0.178. The van der Waals surface area contributed by atoms with Crippen molar-refractivity contribution in [3.05, 3.63) is 25.3 Å². The van der Waals surface area contributed by atoms with E-state index < -0.39 is 60.8 Å². The Morgan fingerprint density at radius 1 is 0.750 bits per heavy atom. The highest BCUT2D eigenvalue weighted by Crippen LogP contribution is 2.33. The predicted molar refractivity (Wildman–Crippen MR) is 116 cm³/mol. The smallest absolute Gasteiger partial charge is 0.309 e. The van der Waals surface area contributed by atoms with Crippen LogP contribution in [0.5, 0.6) is 0 Å². The number of aliphatic hydroxyl groups is 2. The number of carbonyl (C=O) groups is 2. The highest BCUT2D eigenvalue weighted by Gasteiger charge is 2.40. The SMILES string of the molecule is C=C[C@@H]1C[C@@H]2C[C@H](O)[C@@H](C)[C@H](CC(=O)O[C@H](C=C)C[C@@H]3C[C@H](O)[C@@H](C)[C@H](CC(=O)O1)O3)O2. The van der Waals surface area contributed by atoms with Gasteiger partial charge in [0.1, 0.15) is 12.2 Å². The molecule has 180 valence electrons. The highest BCUT2D eigenvalue weighted by atomic mass is 16.6. The molecule has 32 heavy (non-hydrogen) atoms. The van der Waals surface area contributed by atoms with Crippen LogP contribution in [0.1, 0.15) is 52.4 Å². The summed E-state index contributed by atoms with van der Waals surface area (Å²) in [7, 11) is 0. The van der Waals surface area contributed by atoms with Crippen LogP contribution in [0.4, 0.5) is 0 Å². The molecule has 10 atom stereocenters. The molecule has 0 spiro atoms. The van der Waals surface area contributed by atoms with Gasteiger partial charge < -0.3 is 29.2 Å². The minimum absolute atomic E-state index is 0.00851. The Balaban J connectivity index is 1.82. The standard InChI is InChI=1S/C24H36O8/c1-5-15-7-17-9-19(25)13(3)22(29-17)12-24(28)32-16(6-2)8-18-10-20(26)14(4)21(30-18)11-23(27)31-15/h5-6,13-22,25-26H,1-2,7-12H2,3-4H3/t13-,14-,15-,16-,17-,18-,19+,20+,21+,22+/m1/s1. The van der Waals surface area contributed by atoms with E-state index in [9.17, 15) is 19.8 Å². The van der Waals surface area contributed by atoms with E-state index in [0.717, 1.165) is 0 Å². The summed E-state index contributed by atoms with van der Waals surface area (Å²) >= 11 is 0. The van der Waals surface area contributed by atoms with Gasteiger partial charge in [0.25, 0.3) is 0 Å². The molecular weight excluding hydrogens is 416 g/mol. The Morgan fingerprint density at radius 3 is 1.47 bits per heavy atom. The van der Waals surface area contributed by atoms with Gasteiger partial charge in [-0.05, 0) is 0 Å². The van der Waals surface area contributed by atoms with Gasteiger partial charge >= 0.3 is 11.9 Å². The summed E-state index contributed by atoms with van der Waals surface area (Å²) in [5, 5.41) is 21.0. The fourth-order valence-corrected chi connectivity index (χ4v) is 4.75. The number of fused-ring (bicyclic) bond motifs is 4. The zero-order valence-corrected chi connectivity index (χ0v) is 18.9. The summed E-state index contributed by atoms with van der Waals surface area (Å²) in [6, 6.07) is 0. The van der Waals surface area contributed by atoms with Gasteiger partial charge in [0.15, 0.2) is 0 Å². The lowest BCUT2D eigenvalue weighted by Gasteiger charge is -2.40. The number of hydrogen-bond donors (Lipinski definition) is 2. The first-order valence-corrected chi connectivity index (χ1v) is 11.5. The van der Waals surface area contributed by atoms with Crippen molar-refractivity contribution in [1.82, 2.24) is 0 Å². The molecule has 0 radical (unpaired) electrons. The van der Waals surface area contributed by atoms with Crippen LogP contribution in [0.2, 0.25) is 0 Å². The Labute approximate surface area is 189 Å². The van der Waals surface area contributed by atoms with E-state index in [1.165, 1.54) is 12.2 Å². The number of carbonyl (C=O) groups excluding carboxylic acids is 2. The lowest BCUT2D eigenvalue weighted by Crippen LogP contribution is -2.47. The van der Waals surface area contributed by atoms with Crippen molar-refractivity contribution in [2.24, 2.45) is 11.8 Å². The van der Waals surface area contributed by atoms with Gasteiger partial charge in [0, 0.05) is 37.5 Å². The molecule has 0 aromatic carbocycles. The third kappa shape index (κ3) is 6.19. The molecule has 3 aliphatic heterocycles. The Hall–Kier alpha value is -1.74. The number of cyclic esters (lactones) is 2.